The highest BCUT2D eigenvalue weighted by Gasteiger charge is 2.30. The highest BCUT2D eigenvalue weighted by Crippen LogP contribution is 2.38. The predicted molar refractivity (Wildman–Crippen MR) is 167 cm³/mol. The van der Waals surface area contributed by atoms with Crippen molar-refractivity contribution >= 4 is 55.7 Å². The van der Waals surface area contributed by atoms with Crippen LogP contribution in [-0.2, 0) is 35.6 Å². The third-order valence-corrected chi connectivity index (χ3v) is 9.27. The van der Waals surface area contributed by atoms with E-state index >= 15 is 0 Å². The molecule has 0 unspecified atom stereocenters. The minimum atomic E-state index is -4.21. The van der Waals surface area contributed by atoms with Crippen molar-refractivity contribution in [3.8, 4) is 5.75 Å². The fourth-order valence-corrected chi connectivity index (χ4v) is 6.44. The van der Waals surface area contributed by atoms with E-state index in [1.807, 2.05) is 42.2 Å². The van der Waals surface area contributed by atoms with Crippen molar-refractivity contribution in [2.45, 2.75) is 30.8 Å². The fraction of sp³-hybridized carbons (Fsp3) is 0.250. The first-order chi connectivity index (χ1) is 20.6. The molecule has 4 aromatic rings. The molecule has 4 aromatic carbocycles. The molecule has 43 heavy (non-hydrogen) atoms. The second-order valence-corrected chi connectivity index (χ2v) is 12.0. The van der Waals surface area contributed by atoms with Crippen molar-refractivity contribution in [2.75, 3.05) is 37.1 Å². The van der Waals surface area contributed by atoms with Crippen molar-refractivity contribution in [3.63, 3.8) is 0 Å². The third kappa shape index (κ3) is 7.03. The first kappa shape index (κ1) is 31.7. The molecule has 226 valence electrons. The molecule has 0 aliphatic heterocycles. The Balaban J connectivity index is 1.89. The summed E-state index contributed by atoms with van der Waals surface area (Å²) in [5.41, 5.74) is 1.89. The number of carbonyl (C=O) groups excluding carboxylic acids is 2. The zero-order valence-corrected chi connectivity index (χ0v) is 25.9. The van der Waals surface area contributed by atoms with Crippen LogP contribution < -0.4 is 13.9 Å². The first-order valence-electron chi connectivity index (χ1n) is 13.4. The quantitative estimate of drug-likeness (QED) is 0.182. The maximum atomic E-state index is 14.0. The van der Waals surface area contributed by atoms with Crippen molar-refractivity contribution in [1.29, 1.82) is 0 Å². The van der Waals surface area contributed by atoms with Gasteiger partial charge in [0, 0.05) is 34.1 Å². The minimum absolute atomic E-state index is 0.0163. The lowest BCUT2D eigenvalue weighted by Gasteiger charge is -2.33. The van der Waals surface area contributed by atoms with Gasteiger partial charge < -0.3 is 19.1 Å². The number of nitrogens with zero attached hydrogens (tertiary/aromatic N) is 2. The van der Waals surface area contributed by atoms with E-state index in [1.165, 1.54) is 33.5 Å². The summed E-state index contributed by atoms with van der Waals surface area (Å²) in [5, 5.41) is 1.87. The van der Waals surface area contributed by atoms with Gasteiger partial charge in [-0.15, -0.1) is 0 Å². The maximum absolute atomic E-state index is 14.0. The van der Waals surface area contributed by atoms with E-state index in [4.69, 9.17) is 25.8 Å². The van der Waals surface area contributed by atoms with Gasteiger partial charge in [0.05, 0.1) is 38.3 Å². The number of fused-ring (bicyclic) bond motifs is 1. The number of methoxy groups -OCH3 is 3. The molecular weight excluding hydrogens is 592 g/mol. The fourth-order valence-electron chi connectivity index (χ4n) is 4.81. The van der Waals surface area contributed by atoms with Crippen LogP contribution in [0.2, 0.25) is 5.02 Å². The monoisotopic (exact) mass is 624 g/mol. The molecule has 0 aromatic heterocycles. The number of sulfonamides is 1. The number of ether oxygens (including phenoxy) is 3. The van der Waals surface area contributed by atoms with Gasteiger partial charge in [0.1, 0.15) is 12.3 Å². The minimum Gasteiger partial charge on any atom is -0.497 e. The second-order valence-electron chi connectivity index (χ2n) is 9.76. The lowest BCUT2D eigenvalue weighted by atomic mass is 10.0. The Hall–Kier alpha value is -4.28. The van der Waals surface area contributed by atoms with E-state index in [0.29, 0.717) is 33.8 Å². The number of rotatable bonds is 12. The van der Waals surface area contributed by atoms with Gasteiger partial charge in [-0.3, -0.25) is 13.9 Å². The zero-order valence-electron chi connectivity index (χ0n) is 24.3. The second kappa shape index (κ2) is 13.8. The van der Waals surface area contributed by atoms with E-state index in [9.17, 15) is 18.0 Å². The molecule has 0 amide bonds. The van der Waals surface area contributed by atoms with Gasteiger partial charge in [0.15, 0.2) is 0 Å². The molecule has 0 saturated heterocycles. The summed E-state index contributed by atoms with van der Waals surface area (Å²) >= 11 is 6.52. The van der Waals surface area contributed by atoms with Crippen LogP contribution in [0.5, 0.6) is 5.75 Å². The molecule has 4 rings (SSSR count). The van der Waals surface area contributed by atoms with E-state index in [0.717, 1.165) is 15.6 Å². The van der Waals surface area contributed by atoms with Crippen molar-refractivity contribution in [1.82, 2.24) is 0 Å². The molecule has 11 heteroatoms. The SMILES string of the molecule is COC(=O)C[C@H](C)N(Cc1ccccc1Cl)c1ccc(N(CC(=O)OC)S(=O)(=O)c2ccc(OC)cc2)c2ccccc12. The van der Waals surface area contributed by atoms with E-state index in [2.05, 4.69) is 0 Å². The number of hydrogen-bond donors (Lipinski definition) is 0. The molecule has 0 aliphatic rings. The van der Waals surface area contributed by atoms with Crippen LogP contribution in [0, 0.1) is 0 Å². The van der Waals surface area contributed by atoms with E-state index in [-0.39, 0.29) is 23.3 Å². The Morgan fingerprint density at radius 3 is 1.98 bits per heavy atom. The number of esters is 2. The van der Waals surface area contributed by atoms with Crippen molar-refractivity contribution in [3.05, 3.63) is 95.5 Å². The number of anilines is 2. The van der Waals surface area contributed by atoms with Crippen LogP contribution in [-0.4, -0.2) is 54.3 Å². The Morgan fingerprint density at radius 1 is 0.791 bits per heavy atom. The Kier molecular flexibility index (Phi) is 10.2. The molecule has 0 aliphatic carbocycles. The normalized spacial score (nSPS) is 11.9. The average Bonchev–Trinajstić information content (AvgIpc) is 3.02. The van der Waals surface area contributed by atoms with Gasteiger partial charge in [0.2, 0.25) is 0 Å². The van der Waals surface area contributed by atoms with Crippen LogP contribution in [0.3, 0.4) is 0 Å². The molecule has 0 heterocycles. The first-order valence-corrected chi connectivity index (χ1v) is 15.2. The highest BCUT2D eigenvalue weighted by molar-refractivity contribution is 7.92. The van der Waals surface area contributed by atoms with Crippen LogP contribution in [0.1, 0.15) is 18.9 Å². The Labute approximate surface area is 256 Å². The molecule has 0 bridgehead atoms. The van der Waals surface area contributed by atoms with Crippen LogP contribution in [0.15, 0.2) is 89.8 Å². The van der Waals surface area contributed by atoms with Crippen LogP contribution in [0.4, 0.5) is 11.4 Å². The highest BCUT2D eigenvalue weighted by atomic mass is 35.5. The lowest BCUT2D eigenvalue weighted by molar-refractivity contribution is -0.141. The summed E-state index contributed by atoms with van der Waals surface area (Å²) in [6.07, 6.45) is 0.108. The summed E-state index contributed by atoms with van der Waals surface area (Å²) < 4.78 is 44.0. The van der Waals surface area contributed by atoms with E-state index in [1.54, 1.807) is 42.5 Å². The number of benzene rings is 4. The largest absolute Gasteiger partial charge is 0.497 e. The van der Waals surface area contributed by atoms with Gasteiger partial charge >= 0.3 is 11.9 Å². The molecule has 0 radical (unpaired) electrons. The van der Waals surface area contributed by atoms with E-state index < -0.39 is 22.5 Å². The summed E-state index contributed by atoms with van der Waals surface area (Å²) in [7, 11) is -0.177. The van der Waals surface area contributed by atoms with Crippen molar-refractivity contribution in [2.24, 2.45) is 0 Å². The molecule has 1 atom stereocenters. The number of hydrogen-bond acceptors (Lipinski definition) is 8. The topological polar surface area (TPSA) is 102 Å². The van der Waals surface area contributed by atoms with Crippen LogP contribution >= 0.6 is 11.6 Å². The molecule has 0 fully saturated rings. The molecule has 0 N–H and O–H groups in total. The average molecular weight is 625 g/mol. The summed E-state index contributed by atoms with van der Waals surface area (Å²) in [6.45, 7) is 1.74. The lowest BCUT2D eigenvalue weighted by Crippen LogP contribution is -2.37. The van der Waals surface area contributed by atoms with Gasteiger partial charge in [-0.2, -0.15) is 0 Å². The standard InChI is InChI=1S/C32H33ClN2O7S/c1-22(19-31(36)41-3)34(20-23-9-5-8-12-28(23)33)29-17-18-30(27-11-7-6-10-26(27)29)35(21-32(37)42-4)43(38,39)25-15-13-24(40-2)14-16-25/h5-18,22H,19-21H2,1-4H3/t22-/m0/s1. The predicted octanol–water partition coefficient (Wildman–Crippen LogP) is 5.83. The summed E-state index contributed by atoms with van der Waals surface area (Å²) in [5.74, 6) is -0.599. The molecular formula is C32H33ClN2O7S. The molecule has 9 nitrogen and oxygen atoms in total. The number of carbonyl (C=O) groups is 2. The van der Waals surface area contributed by atoms with Gasteiger partial charge in [0.25, 0.3) is 10.0 Å². The Morgan fingerprint density at radius 2 is 1.37 bits per heavy atom. The number of halogens is 1. The van der Waals surface area contributed by atoms with Gasteiger partial charge in [-0.1, -0.05) is 54.1 Å². The van der Waals surface area contributed by atoms with Gasteiger partial charge in [-0.05, 0) is 55.0 Å². The molecule has 0 saturated carbocycles. The zero-order chi connectivity index (χ0) is 31.1. The Bertz CT molecular complexity index is 1710. The summed E-state index contributed by atoms with van der Waals surface area (Å²) in [4.78, 5) is 26.8. The third-order valence-electron chi connectivity index (χ3n) is 7.12. The smallest absolute Gasteiger partial charge is 0.326 e. The summed E-state index contributed by atoms with van der Waals surface area (Å²) in [6, 6.07) is 23.8. The van der Waals surface area contributed by atoms with Crippen molar-refractivity contribution < 1.29 is 32.2 Å². The maximum Gasteiger partial charge on any atom is 0.326 e. The van der Waals surface area contributed by atoms with Gasteiger partial charge in [-0.25, -0.2) is 8.42 Å². The molecule has 0 spiro atoms. The van der Waals surface area contributed by atoms with Crippen LogP contribution in [0.25, 0.3) is 10.8 Å².